The molecule has 0 bridgehead atoms. The van der Waals surface area contributed by atoms with Crippen LogP contribution in [0.2, 0.25) is 0 Å². The Morgan fingerprint density at radius 2 is 0.836 bits per heavy atom. The van der Waals surface area contributed by atoms with E-state index in [-0.39, 0.29) is 10.8 Å². The third-order valence-electron chi connectivity index (χ3n) is 9.38. The van der Waals surface area contributed by atoms with Gasteiger partial charge in [0.1, 0.15) is 0 Å². The molecule has 7 aromatic rings. The van der Waals surface area contributed by atoms with Crippen molar-refractivity contribution in [3.63, 3.8) is 0 Å². The highest BCUT2D eigenvalue weighted by molar-refractivity contribution is 6.40. The van der Waals surface area contributed by atoms with Crippen LogP contribution < -0.4 is 16.3 Å². The molecule has 5 aromatic carbocycles. The van der Waals surface area contributed by atoms with Gasteiger partial charge in [-0.3, -0.25) is 9.97 Å². The lowest BCUT2D eigenvalue weighted by molar-refractivity contribution is 0.308. The van der Waals surface area contributed by atoms with E-state index in [9.17, 15) is 0 Å². The summed E-state index contributed by atoms with van der Waals surface area (Å²) in [7, 11) is 0. The zero-order valence-corrected chi connectivity index (χ0v) is 33.5. The minimum Gasteiger partial charge on any atom is -0.577 e. The summed E-state index contributed by atoms with van der Waals surface area (Å²) >= 11 is -3.04. The van der Waals surface area contributed by atoms with Crippen LogP contribution in [0.25, 0.3) is 22.5 Å². The number of hydrogen-bond acceptors (Lipinski definition) is 6. The van der Waals surface area contributed by atoms with Crippen molar-refractivity contribution in [1.82, 2.24) is 9.97 Å². The molecular weight excluding hydrogens is 694 g/mol. The van der Waals surface area contributed by atoms with Crippen LogP contribution in [0.5, 0.6) is 17.2 Å². The quantitative estimate of drug-likeness (QED) is 0.123. The minimum atomic E-state index is -3.04. The summed E-state index contributed by atoms with van der Waals surface area (Å²) in [6.07, 6.45) is 3.72. The van der Waals surface area contributed by atoms with Gasteiger partial charge in [-0.05, 0) is 119 Å². The number of aromatic nitrogens is 2. The molecule has 0 radical (unpaired) electrons. The molecule has 0 spiro atoms. The van der Waals surface area contributed by atoms with Crippen LogP contribution in [0.3, 0.4) is 0 Å². The molecule has 0 aliphatic rings. The molecule has 6 nitrogen and oxygen atoms in total. The van der Waals surface area contributed by atoms with Crippen LogP contribution >= 0.6 is 0 Å². The lowest BCUT2D eigenvalue weighted by atomic mass is 9.87. The van der Waals surface area contributed by atoms with E-state index in [0.29, 0.717) is 17.2 Å². The number of rotatable bonds is 11. The number of pyridine rings is 2. The van der Waals surface area contributed by atoms with Crippen molar-refractivity contribution < 1.29 is 11.4 Å². The second kappa shape index (κ2) is 16.2. The summed E-state index contributed by atoms with van der Waals surface area (Å²) in [6.45, 7) is 13.2. The molecule has 55 heavy (non-hydrogen) atoms. The van der Waals surface area contributed by atoms with Gasteiger partial charge in [-0.2, -0.15) is 0 Å². The van der Waals surface area contributed by atoms with Gasteiger partial charge in [0, 0.05) is 40.6 Å². The first-order valence-corrected chi connectivity index (χ1v) is 20.1. The van der Waals surface area contributed by atoms with Crippen molar-refractivity contribution in [3.05, 3.63) is 181 Å². The largest absolute Gasteiger partial charge is 1.20 e. The molecular formula is C48H46AlN3O3. The average Bonchev–Trinajstić information content (AvgIpc) is 3.19. The molecule has 2 heterocycles. The maximum absolute atomic E-state index is 6.84. The number of anilines is 3. The van der Waals surface area contributed by atoms with E-state index < -0.39 is 15.1 Å². The summed E-state index contributed by atoms with van der Waals surface area (Å²) < 4.78 is 20.4. The van der Waals surface area contributed by atoms with E-state index in [1.807, 2.05) is 109 Å². The Hall–Kier alpha value is -5.87. The first-order valence-electron chi connectivity index (χ1n) is 18.7. The molecule has 0 aliphatic heterocycles. The Bertz CT molecular complexity index is 2190. The summed E-state index contributed by atoms with van der Waals surface area (Å²) in [6, 6.07) is 53.0. The Balaban J connectivity index is 1.25. The van der Waals surface area contributed by atoms with Gasteiger partial charge >= 0.3 is 15.1 Å². The predicted octanol–water partition coefficient (Wildman–Crippen LogP) is 12.4. The van der Waals surface area contributed by atoms with Gasteiger partial charge in [-0.25, -0.2) is 0 Å². The van der Waals surface area contributed by atoms with Gasteiger partial charge in [-0.1, -0.05) is 102 Å². The van der Waals surface area contributed by atoms with Gasteiger partial charge in [0.25, 0.3) is 0 Å². The fourth-order valence-electron chi connectivity index (χ4n) is 6.32. The summed E-state index contributed by atoms with van der Waals surface area (Å²) in [5, 5.41) is 0. The monoisotopic (exact) mass is 739 g/mol. The first kappa shape index (κ1) is 37.4. The number of nitrogens with zero attached hydrogens (tertiary/aromatic N) is 3. The molecule has 0 unspecified atom stereocenters. The van der Waals surface area contributed by atoms with Crippen LogP contribution in [-0.2, 0) is 10.8 Å². The molecule has 2 aromatic heterocycles. The van der Waals surface area contributed by atoms with Gasteiger partial charge < -0.3 is 16.3 Å². The molecule has 0 saturated heterocycles. The lowest BCUT2D eigenvalue weighted by Gasteiger charge is -2.26. The van der Waals surface area contributed by atoms with E-state index in [4.69, 9.17) is 21.3 Å². The van der Waals surface area contributed by atoms with Crippen molar-refractivity contribution in [2.24, 2.45) is 0 Å². The Morgan fingerprint density at radius 3 is 1.27 bits per heavy atom. The molecule has 7 heteroatoms. The molecule has 0 fully saturated rings. The molecule has 274 valence electrons. The summed E-state index contributed by atoms with van der Waals surface area (Å²) in [4.78, 5) is 11.7. The molecule has 0 amide bonds. The second-order valence-corrected chi connectivity index (χ2v) is 16.8. The lowest BCUT2D eigenvalue weighted by Crippen LogP contribution is -2.37. The number of hydrogen-bond donors (Lipinski definition) is 0. The van der Waals surface area contributed by atoms with Crippen LogP contribution in [0.1, 0.15) is 52.7 Å². The fourth-order valence-corrected chi connectivity index (χ4v) is 7.67. The van der Waals surface area contributed by atoms with Gasteiger partial charge in [0.15, 0.2) is 0 Å². The van der Waals surface area contributed by atoms with Crippen LogP contribution in [0.4, 0.5) is 17.1 Å². The SMILES string of the molecule is CC(C)(C)c1ccnc(-c2ccccc2[O][Al]([O]c2ccc(N(c3ccccc3)c3ccccc3)cc2)[O]c2ccccc2-c2cc(C(C)(C)C)ccn2)c1. The fraction of sp³-hybridized carbons (Fsp3) is 0.167. The summed E-state index contributed by atoms with van der Waals surface area (Å²) in [5.74, 6) is 1.91. The van der Waals surface area contributed by atoms with Gasteiger partial charge in [-0.15, -0.1) is 0 Å². The Labute approximate surface area is 330 Å². The smallest absolute Gasteiger partial charge is 0.577 e. The predicted molar refractivity (Wildman–Crippen MR) is 226 cm³/mol. The normalized spacial score (nSPS) is 11.5. The molecule has 0 saturated carbocycles. The van der Waals surface area contributed by atoms with Crippen LogP contribution in [0.15, 0.2) is 170 Å². The highest BCUT2D eigenvalue weighted by Crippen LogP contribution is 2.37. The second-order valence-electron chi connectivity index (χ2n) is 15.5. The van der Waals surface area contributed by atoms with Crippen molar-refractivity contribution in [3.8, 4) is 39.8 Å². The molecule has 0 aliphatic carbocycles. The average molecular weight is 740 g/mol. The standard InChI is InChI=1S/C18H15NO.2C15H17NO.Al/c20-18-13-11-17(12-14-18)19(15-7-3-1-4-8-15)16-9-5-2-6-10-16;2*1-15(2,3)11-8-9-16-13(10-11)12-6-4-5-7-14(12)17;/h1-14,20H;2*4-10,17H,1-3H3;/q;;;+3/p-3. The number of benzene rings is 5. The highest BCUT2D eigenvalue weighted by Gasteiger charge is 2.45. The third-order valence-corrected chi connectivity index (χ3v) is 10.7. The highest BCUT2D eigenvalue weighted by atomic mass is 27.3. The first-order chi connectivity index (χ1) is 26.5. The minimum absolute atomic E-state index is 0.0399. The molecule has 0 atom stereocenters. The maximum atomic E-state index is 6.84. The van der Waals surface area contributed by atoms with Crippen molar-refractivity contribution in [2.75, 3.05) is 4.90 Å². The van der Waals surface area contributed by atoms with Crippen LogP contribution in [-0.4, -0.2) is 25.1 Å². The topological polar surface area (TPSA) is 56.7 Å². The number of para-hydroxylation sites is 4. The van der Waals surface area contributed by atoms with Crippen molar-refractivity contribution in [1.29, 1.82) is 0 Å². The van der Waals surface area contributed by atoms with E-state index >= 15 is 0 Å². The Morgan fingerprint density at radius 1 is 0.436 bits per heavy atom. The van der Waals surface area contributed by atoms with E-state index in [1.165, 1.54) is 11.1 Å². The van der Waals surface area contributed by atoms with Gasteiger partial charge in [0.05, 0.1) is 28.6 Å². The zero-order valence-electron chi connectivity index (χ0n) is 32.3. The molecule has 7 rings (SSSR count). The Kier molecular flexibility index (Phi) is 11.1. The maximum Gasteiger partial charge on any atom is 1.20 e. The zero-order chi connectivity index (χ0) is 38.4. The van der Waals surface area contributed by atoms with E-state index in [2.05, 4.69) is 107 Å². The van der Waals surface area contributed by atoms with Gasteiger partial charge in [0.2, 0.25) is 0 Å². The van der Waals surface area contributed by atoms with Crippen molar-refractivity contribution >= 4 is 32.2 Å². The third kappa shape index (κ3) is 9.09. The molecule has 0 N–H and O–H groups in total. The van der Waals surface area contributed by atoms with Crippen LogP contribution in [0, 0.1) is 0 Å². The van der Waals surface area contributed by atoms with Crippen molar-refractivity contribution in [2.45, 2.75) is 52.4 Å². The van der Waals surface area contributed by atoms with E-state index in [1.54, 1.807) is 0 Å². The van der Waals surface area contributed by atoms with E-state index in [0.717, 1.165) is 39.6 Å². The summed E-state index contributed by atoms with van der Waals surface area (Å²) in [5.41, 5.74) is 8.78.